The Labute approximate surface area is 157 Å². The van der Waals surface area contributed by atoms with Gasteiger partial charge in [-0.1, -0.05) is 0 Å². The molecular formula is C18H16F2N6O2. The van der Waals surface area contributed by atoms with Crippen LogP contribution in [0.1, 0.15) is 19.3 Å². The van der Waals surface area contributed by atoms with Crippen molar-refractivity contribution >= 4 is 22.8 Å². The van der Waals surface area contributed by atoms with Crippen molar-refractivity contribution in [1.29, 1.82) is 0 Å². The normalized spacial score (nSPS) is 20.7. The molecule has 0 amide bonds. The first kappa shape index (κ1) is 17.0. The number of carboxylic acids is 1. The van der Waals surface area contributed by atoms with E-state index in [1.807, 2.05) is 0 Å². The van der Waals surface area contributed by atoms with Crippen LogP contribution in [-0.4, -0.2) is 48.6 Å². The van der Waals surface area contributed by atoms with Crippen molar-refractivity contribution in [3.05, 3.63) is 36.3 Å². The highest BCUT2D eigenvalue weighted by molar-refractivity contribution is 5.91. The summed E-state index contributed by atoms with van der Waals surface area (Å²) in [5, 5.41) is 11.5. The minimum atomic E-state index is -0.954. The summed E-state index contributed by atoms with van der Waals surface area (Å²) in [4.78, 5) is 26.7. The highest BCUT2D eigenvalue weighted by atomic mass is 19.1. The van der Waals surface area contributed by atoms with E-state index in [0.29, 0.717) is 29.6 Å². The van der Waals surface area contributed by atoms with Crippen LogP contribution in [0.25, 0.3) is 22.4 Å². The standard InChI is InChI=1S/C18H16F2N6O2/c19-9-3-10-11(6-22-14(10)21-5-9)15-23-7-12(20)16(24-15)25-26-8-18(1-2-18)4-13(26)17(27)28/h3,5-7,13H,1-2,4,8H2,(H,21,22)(H,27,28)(H,23,24,25). The lowest BCUT2D eigenvalue weighted by Crippen LogP contribution is -2.40. The third-order valence-electron chi connectivity index (χ3n) is 5.48. The third-order valence-corrected chi connectivity index (χ3v) is 5.48. The first-order valence-electron chi connectivity index (χ1n) is 8.86. The Morgan fingerprint density at radius 3 is 2.89 bits per heavy atom. The monoisotopic (exact) mass is 386 g/mol. The summed E-state index contributed by atoms with van der Waals surface area (Å²) in [6.07, 6.45) is 6.15. The number of nitrogens with zero attached hydrogens (tertiary/aromatic N) is 4. The average molecular weight is 386 g/mol. The number of anilines is 1. The van der Waals surface area contributed by atoms with Crippen molar-refractivity contribution in [1.82, 2.24) is 24.9 Å². The predicted molar refractivity (Wildman–Crippen MR) is 95.1 cm³/mol. The number of aromatic amines is 1. The Morgan fingerprint density at radius 2 is 2.14 bits per heavy atom. The molecule has 8 nitrogen and oxygen atoms in total. The van der Waals surface area contributed by atoms with E-state index in [9.17, 15) is 18.7 Å². The van der Waals surface area contributed by atoms with E-state index >= 15 is 0 Å². The fourth-order valence-electron chi connectivity index (χ4n) is 3.81. The molecule has 2 aliphatic rings. The van der Waals surface area contributed by atoms with Gasteiger partial charge in [0.2, 0.25) is 0 Å². The number of hydrazine groups is 1. The first-order chi connectivity index (χ1) is 13.4. The molecule has 5 rings (SSSR count). The molecule has 28 heavy (non-hydrogen) atoms. The Morgan fingerprint density at radius 1 is 1.32 bits per heavy atom. The summed E-state index contributed by atoms with van der Waals surface area (Å²) < 4.78 is 27.9. The van der Waals surface area contributed by atoms with Gasteiger partial charge in [0.25, 0.3) is 0 Å². The van der Waals surface area contributed by atoms with E-state index in [1.165, 1.54) is 11.1 Å². The van der Waals surface area contributed by atoms with Gasteiger partial charge < -0.3 is 10.1 Å². The summed E-state index contributed by atoms with van der Waals surface area (Å²) in [7, 11) is 0. The molecule has 3 aromatic rings. The summed E-state index contributed by atoms with van der Waals surface area (Å²) >= 11 is 0. The van der Waals surface area contributed by atoms with Crippen LogP contribution in [0.4, 0.5) is 14.6 Å². The molecule has 10 heteroatoms. The molecule has 2 fully saturated rings. The molecule has 1 unspecified atom stereocenters. The van der Waals surface area contributed by atoms with E-state index in [1.54, 1.807) is 6.20 Å². The molecule has 3 N–H and O–H groups in total. The number of hydrogen-bond acceptors (Lipinski definition) is 6. The molecule has 4 heterocycles. The summed E-state index contributed by atoms with van der Waals surface area (Å²) in [5.41, 5.74) is 3.76. The SMILES string of the molecule is O=C(O)C1CC2(CC2)CN1Nc1nc(-c2c[nH]c3ncc(F)cc23)ncc1F. The first-order valence-corrected chi connectivity index (χ1v) is 8.86. The van der Waals surface area contributed by atoms with Crippen molar-refractivity contribution in [3.8, 4) is 11.4 Å². The van der Waals surface area contributed by atoms with Crippen molar-refractivity contribution in [3.63, 3.8) is 0 Å². The Kier molecular flexibility index (Phi) is 3.60. The van der Waals surface area contributed by atoms with Crippen LogP contribution < -0.4 is 5.43 Å². The van der Waals surface area contributed by atoms with Crippen LogP contribution in [0.15, 0.2) is 24.7 Å². The number of hydrogen-bond donors (Lipinski definition) is 3. The van der Waals surface area contributed by atoms with Gasteiger partial charge in [-0.15, -0.1) is 0 Å². The second kappa shape index (κ2) is 5.93. The molecule has 0 radical (unpaired) electrons. The number of aliphatic carboxylic acids is 1. The topological polar surface area (TPSA) is 107 Å². The molecule has 1 aliphatic heterocycles. The minimum Gasteiger partial charge on any atom is -0.480 e. The van der Waals surface area contributed by atoms with Crippen molar-refractivity contribution < 1.29 is 18.7 Å². The lowest BCUT2D eigenvalue weighted by molar-refractivity contribution is -0.141. The molecule has 0 aromatic carbocycles. The average Bonchev–Trinajstić information content (AvgIpc) is 3.12. The Hall–Kier alpha value is -3.14. The Balaban J connectivity index is 1.49. The second-order valence-corrected chi connectivity index (χ2v) is 7.44. The number of pyridine rings is 1. The maximum atomic E-state index is 14.3. The largest absolute Gasteiger partial charge is 0.480 e. The van der Waals surface area contributed by atoms with E-state index in [2.05, 4.69) is 25.4 Å². The molecule has 144 valence electrons. The molecule has 3 aromatic heterocycles. The fraction of sp³-hybridized carbons (Fsp3) is 0.333. The smallest absolute Gasteiger partial charge is 0.322 e. The number of carboxylic acid groups (broad SMARTS) is 1. The second-order valence-electron chi connectivity index (χ2n) is 7.44. The van der Waals surface area contributed by atoms with Crippen LogP contribution in [-0.2, 0) is 4.79 Å². The molecule has 1 aliphatic carbocycles. The van der Waals surface area contributed by atoms with Gasteiger partial charge in [0.05, 0.1) is 12.4 Å². The number of nitrogens with one attached hydrogen (secondary N) is 2. The van der Waals surface area contributed by atoms with E-state index in [-0.39, 0.29) is 17.1 Å². The lowest BCUT2D eigenvalue weighted by Gasteiger charge is -2.22. The predicted octanol–water partition coefficient (Wildman–Crippen LogP) is 2.56. The number of aromatic nitrogens is 4. The fourth-order valence-corrected chi connectivity index (χ4v) is 3.81. The van der Waals surface area contributed by atoms with Crippen LogP contribution in [0, 0.1) is 17.0 Å². The maximum Gasteiger partial charge on any atom is 0.322 e. The molecular weight excluding hydrogens is 370 g/mol. The molecule has 1 saturated carbocycles. The van der Waals surface area contributed by atoms with Crippen LogP contribution in [0.2, 0.25) is 0 Å². The number of carbonyl (C=O) groups is 1. The van der Waals surface area contributed by atoms with Crippen molar-refractivity contribution in [2.75, 3.05) is 12.0 Å². The lowest BCUT2D eigenvalue weighted by atomic mass is 10.0. The highest BCUT2D eigenvalue weighted by Crippen LogP contribution is 2.54. The molecule has 1 spiro atoms. The Bertz CT molecular complexity index is 1100. The molecule has 0 bridgehead atoms. The minimum absolute atomic E-state index is 0.00241. The number of rotatable bonds is 4. The zero-order chi connectivity index (χ0) is 19.5. The van der Waals surface area contributed by atoms with Gasteiger partial charge >= 0.3 is 5.97 Å². The maximum absolute atomic E-state index is 14.3. The van der Waals surface area contributed by atoms with E-state index < -0.39 is 23.6 Å². The quantitative estimate of drug-likeness (QED) is 0.633. The third kappa shape index (κ3) is 2.76. The zero-order valence-electron chi connectivity index (χ0n) is 14.6. The van der Waals surface area contributed by atoms with Gasteiger partial charge in [-0.2, -0.15) is 0 Å². The highest BCUT2D eigenvalue weighted by Gasteiger charge is 2.54. The van der Waals surface area contributed by atoms with Gasteiger partial charge in [-0.3, -0.25) is 10.2 Å². The van der Waals surface area contributed by atoms with Crippen molar-refractivity contribution in [2.24, 2.45) is 5.41 Å². The number of fused-ring (bicyclic) bond motifs is 1. The van der Waals surface area contributed by atoms with Gasteiger partial charge in [-0.05, 0) is 30.7 Å². The van der Waals surface area contributed by atoms with Crippen molar-refractivity contribution in [2.45, 2.75) is 25.3 Å². The van der Waals surface area contributed by atoms with Gasteiger partial charge in [0.15, 0.2) is 17.5 Å². The number of halogens is 2. The summed E-state index contributed by atoms with van der Waals surface area (Å²) in [5.74, 6) is -2.11. The molecule has 1 atom stereocenters. The van der Waals surface area contributed by atoms with Gasteiger partial charge in [0.1, 0.15) is 17.5 Å². The van der Waals surface area contributed by atoms with Gasteiger partial charge in [0, 0.05) is 23.7 Å². The zero-order valence-corrected chi connectivity index (χ0v) is 14.6. The van der Waals surface area contributed by atoms with Gasteiger partial charge in [-0.25, -0.2) is 28.7 Å². The summed E-state index contributed by atoms with van der Waals surface area (Å²) in [6, 6.07) is 0.554. The van der Waals surface area contributed by atoms with Crippen LogP contribution >= 0.6 is 0 Å². The molecule has 1 saturated heterocycles. The van der Waals surface area contributed by atoms with E-state index in [0.717, 1.165) is 25.2 Å². The van der Waals surface area contributed by atoms with E-state index in [4.69, 9.17) is 0 Å². The number of H-pyrrole nitrogens is 1. The summed E-state index contributed by atoms with van der Waals surface area (Å²) in [6.45, 7) is 0.519. The van der Waals surface area contributed by atoms with Crippen LogP contribution in [0.5, 0.6) is 0 Å². The van der Waals surface area contributed by atoms with Crippen LogP contribution in [0.3, 0.4) is 0 Å².